The summed E-state index contributed by atoms with van der Waals surface area (Å²) in [6.07, 6.45) is 3.64. The zero-order valence-corrected chi connectivity index (χ0v) is 9.13. The molecule has 0 aliphatic rings. The number of rotatable bonds is 2. The third kappa shape index (κ3) is 1.63. The number of pyridine rings is 1. The van der Waals surface area contributed by atoms with Crippen molar-refractivity contribution in [2.24, 2.45) is 5.73 Å². The van der Waals surface area contributed by atoms with Crippen LogP contribution in [0.3, 0.4) is 0 Å². The van der Waals surface area contributed by atoms with Gasteiger partial charge in [-0.3, -0.25) is 9.78 Å². The lowest BCUT2D eigenvalue weighted by Gasteiger charge is -2.09. The van der Waals surface area contributed by atoms with Crippen LogP contribution in [0.15, 0.2) is 42.7 Å². The molecule has 84 valence electrons. The summed E-state index contributed by atoms with van der Waals surface area (Å²) in [4.78, 5) is 15.3. The first-order valence-corrected chi connectivity index (χ1v) is 5.36. The van der Waals surface area contributed by atoms with E-state index < -0.39 is 0 Å². The Bertz CT molecular complexity index is 715. The number of nitrogens with zero attached hydrogens (tertiary/aromatic N) is 2. The highest BCUT2D eigenvalue weighted by atomic mass is 16.1. The van der Waals surface area contributed by atoms with Crippen LogP contribution < -0.4 is 5.73 Å². The van der Waals surface area contributed by atoms with Crippen molar-refractivity contribution in [3.8, 4) is 0 Å². The van der Waals surface area contributed by atoms with Gasteiger partial charge in [-0.15, -0.1) is 0 Å². The first kappa shape index (κ1) is 9.84. The quantitative estimate of drug-likeness (QED) is 0.721. The van der Waals surface area contributed by atoms with E-state index in [1.807, 2.05) is 41.1 Å². The predicted molar refractivity (Wildman–Crippen MR) is 66.4 cm³/mol. The van der Waals surface area contributed by atoms with Crippen LogP contribution in [0.25, 0.3) is 21.8 Å². The fraction of sp³-hybridized carbons (Fsp3) is 0.0769. The topological polar surface area (TPSA) is 60.9 Å². The molecule has 4 heteroatoms. The summed E-state index contributed by atoms with van der Waals surface area (Å²) in [5, 5.41) is 2.13. The van der Waals surface area contributed by atoms with E-state index in [1.54, 1.807) is 6.20 Å². The van der Waals surface area contributed by atoms with Crippen LogP contribution in [0.1, 0.15) is 0 Å². The monoisotopic (exact) mass is 225 g/mol. The summed E-state index contributed by atoms with van der Waals surface area (Å²) < 4.78 is 1.85. The number of primary amides is 1. The molecule has 0 atom stereocenters. The Labute approximate surface area is 97.7 Å². The number of hydrogen-bond donors (Lipinski definition) is 1. The van der Waals surface area contributed by atoms with Gasteiger partial charge in [0.25, 0.3) is 0 Å². The first-order valence-electron chi connectivity index (χ1n) is 5.36. The molecule has 0 saturated carbocycles. The van der Waals surface area contributed by atoms with Crippen molar-refractivity contribution in [1.29, 1.82) is 0 Å². The summed E-state index contributed by atoms with van der Waals surface area (Å²) >= 11 is 0. The van der Waals surface area contributed by atoms with Crippen molar-refractivity contribution in [1.82, 2.24) is 9.55 Å². The highest BCUT2D eigenvalue weighted by molar-refractivity contribution is 5.95. The predicted octanol–water partition coefficient (Wildman–Crippen LogP) is 1.67. The maximum Gasteiger partial charge on any atom is 0.237 e. The van der Waals surface area contributed by atoms with Gasteiger partial charge in [-0.1, -0.05) is 6.07 Å². The number of nitrogens with two attached hydrogens (primary N) is 1. The molecule has 2 N–H and O–H groups in total. The van der Waals surface area contributed by atoms with E-state index in [9.17, 15) is 4.79 Å². The molecule has 0 spiro atoms. The van der Waals surface area contributed by atoms with Crippen LogP contribution >= 0.6 is 0 Å². The molecular formula is C13H11N3O. The lowest BCUT2D eigenvalue weighted by atomic mass is 10.1. The molecule has 0 aliphatic carbocycles. The number of aromatic nitrogens is 2. The zero-order chi connectivity index (χ0) is 11.8. The maximum absolute atomic E-state index is 11.0. The van der Waals surface area contributed by atoms with Crippen molar-refractivity contribution in [2.45, 2.75) is 6.54 Å². The van der Waals surface area contributed by atoms with Gasteiger partial charge in [-0.25, -0.2) is 0 Å². The maximum atomic E-state index is 11.0. The average molecular weight is 225 g/mol. The summed E-state index contributed by atoms with van der Waals surface area (Å²) in [6, 6.07) is 9.90. The zero-order valence-electron chi connectivity index (χ0n) is 9.13. The van der Waals surface area contributed by atoms with Gasteiger partial charge >= 0.3 is 0 Å². The number of fused-ring (bicyclic) bond motifs is 2. The molecule has 3 aromatic rings. The van der Waals surface area contributed by atoms with Gasteiger partial charge in [0.1, 0.15) is 6.54 Å². The van der Waals surface area contributed by atoms with E-state index in [0.29, 0.717) is 0 Å². The summed E-state index contributed by atoms with van der Waals surface area (Å²) in [7, 11) is 0. The van der Waals surface area contributed by atoms with Gasteiger partial charge in [-0.05, 0) is 24.3 Å². The van der Waals surface area contributed by atoms with Crippen LogP contribution in [-0.4, -0.2) is 15.5 Å². The Morgan fingerprint density at radius 1 is 1.29 bits per heavy atom. The third-order valence-corrected chi connectivity index (χ3v) is 2.82. The normalized spacial score (nSPS) is 11.1. The molecule has 4 nitrogen and oxygen atoms in total. The molecule has 17 heavy (non-hydrogen) atoms. The molecule has 0 bridgehead atoms. The minimum Gasteiger partial charge on any atom is -0.368 e. The highest BCUT2D eigenvalue weighted by Gasteiger charge is 2.04. The minimum absolute atomic E-state index is 0.191. The SMILES string of the molecule is NC(=O)Cn1cccc2cc3nccc3cc21. The Kier molecular flexibility index (Phi) is 2.08. The van der Waals surface area contributed by atoms with E-state index in [1.165, 1.54) is 0 Å². The van der Waals surface area contributed by atoms with Crippen molar-refractivity contribution < 1.29 is 4.79 Å². The molecule has 0 unspecified atom stereocenters. The lowest BCUT2D eigenvalue weighted by Crippen LogP contribution is -2.18. The van der Waals surface area contributed by atoms with Crippen molar-refractivity contribution in [3.05, 3.63) is 42.7 Å². The second kappa shape index (κ2) is 3.59. The minimum atomic E-state index is -0.344. The number of hydrogen-bond acceptors (Lipinski definition) is 2. The molecule has 2 aromatic heterocycles. The average Bonchev–Trinajstić information content (AvgIpc) is 2.73. The van der Waals surface area contributed by atoms with Crippen molar-refractivity contribution in [3.63, 3.8) is 0 Å². The van der Waals surface area contributed by atoms with Crippen molar-refractivity contribution in [2.75, 3.05) is 0 Å². The molecule has 0 saturated heterocycles. The Balaban J connectivity index is 2.31. The number of carbonyl (C=O) groups excluding carboxylic acids is 1. The van der Waals surface area contributed by atoms with E-state index in [4.69, 9.17) is 5.73 Å². The van der Waals surface area contributed by atoms with Gasteiger partial charge < -0.3 is 10.3 Å². The molecule has 1 aromatic carbocycles. The Hall–Kier alpha value is -2.36. The molecule has 0 aliphatic heterocycles. The lowest BCUT2D eigenvalue weighted by molar-refractivity contribution is -0.118. The summed E-state index contributed by atoms with van der Waals surface area (Å²) in [5.74, 6) is -0.344. The van der Waals surface area contributed by atoms with Gasteiger partial charge in [0.15, 0.2) is 0 Å². The smallest absolute Gasteiger partial charge is 0.237 e. The Morgan fingerprint density at radius 3 is 3.00 bits per heavy atom. The van der Waals surface area contributed by atoms with Crippen LogP contribution in [0.4, 0.5) is 0 Å². The van der Waals surface area contributed by atoms with Gasteiger partial charge in [0.2, 0.25) is 5.91 Å². The molecular weight excluding hydrogens is 214 g/mol. The fourth-order valence-corrected chi connectivity index (χ4v) is 2.07. The van der Waals surface area contributed by atoms with Gasteiger partial charge in [-0.2, -0.15) is 0 Å². The number of amides is 1. The molecule has 2 heterocycles. The number of benzene rings is 1. The summed E-state index contributed by atoms with van der Waals surface area (Å²) in [5.41, 5.74) is 7.20. The first-order chi connectivity index (χ1) is 8.24. The molecule has 1 amide bonds. The van der Waals surface area contributed by atoms with Gasteiger partial charge in [0.05, 0.1) is 5.52 Å². The fourth-order valence-electron chi connectivity index (χ4n) is 2.07. The van der Waals surface area contributed by atoms with Crippen LogP contribution in [0.5, 0.6) is 0 Å². The van der Waals surface area contributed by atoms with Crippen molar-refractivity contribution >= 4 is 27.7 Å². The summed E-state index contributed by atoms with van der Waals surface area (Å²) in [6.45, 7) is 0.191. The van der Waals surface area contributed by atoms with E-state index in [-0.39, 0.29) is 12.5 Å². The second-order valence-electron chi connectivity index (χ2n) is 4.02. The number of carbonyl (C=O) groups is 1. The Morgan fingerprint density at radius 2 is 2.18 bits per heavy atom. The second-order valence-corrected chi connectivity index (χ2v) is 4.02. The van der Waals surface area contributed by atoms with Crippen LogP contribution in [-0.2, 0) is 11.3 Å². The van der Waals surface area contributed by atoms with Gasteiger partial charge in [0, 0.05) is 28.7 Å². The van der Waals surface area contributed by atoms with E-state index >= 15 is 0 Å². The molecule has 0 radical (unpaired) electrons. The standard InChI is InChI=1S/C13H11N3O/c14-13(17)8-16-5-1-2-10-6-11-9(3-4-15-11)7-12(10)16/h1-7H,8H2,(H2,14,17). The molecule has 0 fully saturated rings. The van der Waals surface area contributed by atoms with E-state index in [2.05, 4.69) is 4.98 Å². The molecule has 3 rings (SSSR count). The highest BCUT2D eigenvalue weighted by Crippen LogP contribution is 2.21. The van der Waals surface area contributed by atoms with E-state index in [0.717, 1.165) is 21.8 Å². The van der Waals surface area contributed by atoms with Crippen LogP contribution in [0, 0.1) is 0 Å². The third-order valence-electron chi connectivity index (χ3n) is 2.82. The van der Waals surface area contributed by atoms with Crippen LogP contribution in [0.2, 0.25) is 0 Å². The largest absolute Gasteiger partial charge is 0.368 e.